The third-order valence-electron chi connectivity index (χ3n) is 4.16. The minimum Gasteiger partial charge on any atom is -0.462 e. The Labute approximate surface area is 166 Å². The third-order valence-corrected chi connectivity index (χ3v) is 5.15. The number of hydrogen-bond acceptors (Lipinski definition) is 7. The Balaban J connectivity index is 1.61. The molecule has 0 unspecified atom stereocenters. The Morgan fingerprint density at radius 2 is 2.04 bits per heavy atom. The Hall–Kier alpha value is -2.78. The molecule has 148 valence electrons. The minimum absolute atomic E-state index is 0.150. The van der Waals surface area contributed by atoms with Gasteiger partial charge in [0.15, 0.2) is 5.13 Å². The highest BCUT2D eigenvalue weighted by Gasteiger charge is 2.23. The molecule has 0 aliphatic carbocycles. The van der Waals surface area contributed by atoms with E-state index in [9.17, 15) is 14.4 Å². The van der Waals surface area contributed by atoms with Crippen molar-refractivity contribution in [3.8, 4) is 0 Å². The zero-order valence-electron chi connectivity index (χ0n) is 15.8. The van der Waals surface area contributed by atoms with Gasteiger partial charge in [0.25, 0.3) is 0 Å². The largest absolute Gasteiger partial charge is 0.462 e. The second-order valence-corrected chi connectivity index (χ2v) is 7.43. The third kappa shape index (κ3) is 4.93. The molecule has 28 heavy (non-hydrogen) atoms. The second-order valence-electron chi connectivity index (χ2n) is 6.34. The van der Waals surface area contributed by atoms with Gasteiger partial charge >= 0.3 is 5.97 Å². The van der Waals surface area contributed by atoms with E-state index >= 15 is 0 Å². The fraction of sp³-hybridized carbons (Fsp3) is 0.368. The molecule has 3 rings (SSSR count). The molecule has 0 fully saturated rings. The highest BCUT2D eigenvalue weighted by atomic mass is 32.1. The smallest absolute Gasteiger partial charge is 0.340 e. The molecule has 8 nitrogen and oxygen atoms in total. The number of anilines is 2. The van der Waals surface area contributed by atoms with Crippen LogP contribution in [0, 0.1) is 0 Å². The molecule has 1 aromatic heterocycles. The summed E-state index contributed by atoms with van der Waals surface area (Å²) in [5, 5.41) is 6.10. The molecule has 0 radical (unpaired) electrons. The zero-order chi connectivity index (χ0) is 20.1. The van der Waals surface area contributed by atoms with Crippen LogP contribution in [0.3, 0.4) is 0 Å². The molecule has 0 atom stereocenters. The van der Waals surface area contributed by atoms with Gasteiger partial charge in [-0.05, 0) is 19.1 Å². The van der Waals surface area contributed by atoms with E-state index in [1.54, 1.807) is 31.2 Å². The number of carbonyl (C=O) groups excluding carboxylic acids is 3. The molecular formula is C19H22N4O4S. The lowest BCUT2D eigenvalue weighted by Gasteiger charge is -2.25. The molecule has 0 saturated heterocycles. The Kier molecular flexibility index (Phi) is 6.37. The summed E-state index contributed by atoms with van der Waals surface area (Å²) in [4.78, 5) is 43.2. The molecule has 2 amide bonds. The Morgan fingerprint density at radius 3 is 2.79 bits per heavy atom. The molecule has 2 heterocycles. The van der Waals surface area contributed by atoms with Crippen LogP contribution in [0.1, 0.15) is 34.8 Å². The number of rotatable bonds is 6. The predicted molar refractivity (Wildman–Crippen MR) is 106 cm³/mol. The number of aromatic nitrogens is 1. The molecule has 0 spiro atoms. The van der Waals surface area contributed by atoms with Crippen molar-refractivity contribution in [1.82, 2.24) is 9.88 Å². The fourth-order valence-electron chi connectivity index (χ4n) is 2.96. The SMILES string of the molecule is CCOC(=O)c1ccccc1NC(=O)CN1CCc2nc(NC(C)=O)sc2C1. The standard InChI is InChI=1S/C19H22N4O4S/c1-3-27-18(26)13-6-4-5-7-14(13)21-17(25)11-23-9-8-15-16(10-23)28-19(22-15)20-12(2)24/h4-7H,3,8-11H2,1-2H3,(H,21,25)(H,20,22,24). The lowest BCUT2D eigenvalue weighted by atomic mass is 10.1. The van der Waals surface area contributed by atoms with E-state index in [2.05, 4.69) is 15.6 Å². The summed E-state index contributed by atoms with van der Waals surface area (Å²) in [7, 11) is 0. The fourth-order valence-corrected chi connectivity index (χ4v) is 4.06. The van der Waals surface area contributed by atoms with Crippen molar-refractivity contribution < 1.29 is 19.1 Å². The molecule has 1 aliphatic rings. The van der Waals surface area contributed by atoms with Gasteiger partial charge in [0.1, 0.15) is 0 Å². The van der Waals surface area contributed by atoms with Crippen LogP contribution >= 0.6 is 11.3 Å². The van der Waals surface area contributed by atoms with Crippen LogP contribution in [-0.4, -0.2) is 47.4 Å². The van der Waals surface area contributed by atoms with E-state index in [4.69, 9.17) is 4.74 Å². The first kappa shape index (κ1) is 20.0. The summed E-state index contributed by atoms with van der Waals surface area (Å²) in [6.45, 7) is 4.95. The molecule has 0 saturated carbocycles. The summed E-state index contributed by atoms with van der Waals surface area (Å²) in [5.41, 5.74) is 1.74. The summed E-state index contributed by atoms with van der Waals surface area (Å²) < 4.78 is 5.03. The van der Waals surface area contributed by atoms with Gasteiger partial charge in [-0.2, -0.15) is 0 Å². The normalized spacial score (nSPS) is 13.5. The van der Waals surface area contributed by atoms with Crippen LogP contribution in [0.2, 0.25) is 0 Å². The first-order valence-electron chi connectivity index (χ1n) is 9.00. The monoisotopic (exact) mass is 402 g/mol. The predicted octanol–water partition coefficient (Wildman–Crippen LogP) is 2.28. The number of nitrogens with one attached hydrogen (secondary N) is 2. The minimum atomic E-state index is -0.462. The Bertz CT molecular complexity index is 896. The van der Waals surface area contributed by atoms with E-state index in [1.807, 2.05) is 4.90 Å². The molecule has 2 N–H and O–H groups in total. The lowest BCUT2D eigenvalue weighted by molar-refractivity contribution is -0.117. The number of para-hydroxylation sites is 1. The van der Waals surface area contributed by atoms with Crippen LogP contribution in [0.4, 0.5) is 10.8 Å². The summed E-state index contributed by atoms with van der Waals surface area (Å²) in [6, 6.07) is 6.79. The van der Waals surface area contributed by atoms with E-state index in [1.165, 1.54) is 18.3 Å². The van der Waals surface area contributed by atoms with E-state index in [-0.39, 0.29) is 25.0 Å². The van der Waals surface area contributed by atoms with Gasteiger partial charge in [-0.1, -0.05) is 12.1 Å². The van der Waals surface area contributed by atoms with Crippen molar-refractivity contribution in [3.05, 3.63) is 40.4 Å². The summed E-state index contributed by atoms with van der Waals surface area (Å²) >= 11 is 1.43. The number of amides is 2. The van der Waals surface area contributed by atoms with Crippen molar-refractivity contribution in [1.29, 1.82) is 0 Å². The van der Waals surface area contributed by atoms with E-state index in [0.29, 0.717) is 29.5 Å². The average molecular weight is 402 g/mol. The Morgan fingerprint density at radius 1 is 1.25 bits per heavy atom. The van der Waals surface area contributed by atoms with Crippen molar-refractivity contribution >= 4 is 39.9 Å². The van der Waals surface area contributed by atoms with Crippen LogP contribution in [0.5, 0.6) is 0 Å². The van der Waals surface area contributed by atoms with Crippen molar-refractivity contribution in [2.24, 2.45) is 0 Å². The van der Waals surface area contributed by atoms with E-state index in [0.717, 1.165) is 17.0 Å². The first-order chi connectivity index (χ1) is 13.5. The van der Waals surface area contributed by atoms with Gasteiger partial charge in [0.05, 0.1) is 30.1 Å². The number of nitrogens with zero attached hydrogens (tertiary/aromatic N) is 2. The molecule has 1 aromatic carbocycles. The summed E-state index contributed by atoms with van der Waals surface area (Å²) in [5.74, 6) is -0.814. The zero-order valence-corrected chi connectivity index (χ0v) is 16.6. The highest BCUT2D eigenvalue weighted by molar-refractivity contribution is 7.15. The number of esters is 1. The molecule has 0 bridgehead atoms. The number of hydrogen-bond donors (Lipinski definition) is 2. The van der Waals surface area contributed by atoms with E-state index < -0.39 is 5.97 Å². The van der Waals surface area contributed by atoms with Gasteiger partial charge in [0, 0.05) is 31.3 Å². The van der Waals surface area contributed by atoms with Gasteiger partial charge in [0.2, 0.25) is 11.8 Å². The van der Waals surface area contributed by atoms with Gasteiger partial charge < -0.3 is 15.4 Å². The first-order valence-corrected chi connectivity index (χ1v) is 9.82. The lowest BCUT2D eigenvalue weighted by Crippen LogP contribution is -2.37. The molecule has 2 aromatic rings. The van der Waals surface area contributed by atoms with Crippen LogP contribution in [0.15, 0.2) is 24.3 Å². The van der Waals surface area contributed by atoms with Gasteiger partial charge in [-0.3, -0.25) is 14.5 Å². The van der Waals surface area contributed by atoms with Gasteiger partial charge in [-0.25, -0.2) is 9.78 Å². The number of carbonyl (C=O) groups is 3. The van der Waals surface area contributed by atoms with Crippen molar-refractivity contribution in [3.63, 3.8) is 0 Å². The highest BCUT2D eigenvalue weighted by Crippen LogP contribution is 2.28. The molecular weight excluding hydrogens is 380 g/mol. The quantitative estimate of drug-likeness (QED) is 0.719. The maximum Gasteiger partial charge on any atom is 0.340 e. The number of fused-ring (bicyclic) bond motifs is 1. The van der Waals surface area contributed by atoms with Crippen molar-refractivity contribution in [2.45, 2.75) is 26.8 Å². The van der Waals surface area contributed by atoms with Crippen LogP contribution in [-0.2, 0) is 27.3 Å². The van der Waals surface area contributed by atoms with Crippen molar-refractivity contribution in [2.75, 3.05) is 30.3 Å². The number of benzene rings is 1. The number of ether oxygens (including phenoxy) is 1. The average Bonchev–Trinajstić information content (AvgIpc) is 3.03. The summed E-state index contributed by atoms with van der Waals surface area (Å²) in [6.07, 6.45) is 0.720. The van der Waals surface area contributed by atoms with Gasteiger partial charge in [-0.15, -0.1) is 11.3 Å². The maximum absolute atomic E-state index is 12.5. The maximum atomic E-state index is 12.5. The number of thiazole rings is 1. The van der Waals surface area contributed by atoms with Crippen LogP contribution < -0.4 is 10.6 Å². The molecule has 9 heteroatoms. The molecule has 1 aliphatic heterocycles. The van der Waals surface area contributed by atoms with Crippen LogP contribution in [0.25, 0.3) is 0 Å². The topological polar surface area (TPSA) is 101 Å². The second kappa shape index (κ2) is 8.94.